The third kappa shape index (κ3) is 3.08. The third-order valence-electron chi connectivity index (χ3n) is 3.32. The van der Waals surface area contributed by atoms with Gasteiger partial charge in [0.2, 0.25) is 0 Å². The summed E-state index contributed by atoms with van der Waals surface area (Å²) in [5.41, 5.74) is 8.39. The standard InChI is InChI=1S/C16H20N2O2/c1-3-15-14(8-9-20-15)16(19)18(2)11-13-6-4-12(10-17)5-7-13/h4-9H,3,10-11,17H2,1-2H3. The Bertz CT molecular complexity index is 572. The SMILES string of the molecule is CCc1occc1C(=O)N(C)Cc1ccc(CN)cc1. The molecule has 2 N–H and O–H groups in total. The van der Waals surface area contributed by atoms with Crippen LogP contribution >= 0.6 is 0 Å². The second-order valence-electron chi connectivity index (χ2n) is 4.79. The van der Waals surface area contributed by atoms with Crippen molar-refractivity contribution in [1.82, 2.24) is 4.90 Å². The summed E-state index contributed by atoms with van der Waals surface area (Å²) in [5, 5.41) is 0. The molecule has 0 aliphatic rings. The molecule has 0 bridgehead atoms. The average molecular weight is 272 g/mol. The summed E-state index contributed by atoms with van der Waals surface area (Å²) in [6.45, 7) is 3.07. The average Bonchev–Trinajstić information content (AvgIpc) is 2.95. The Morgan fingerprint density at radius 2 is 1.85 bits per heavy atom. The van der Waals surface area contributed by atoms with Crippen LogP contribution in [-0.2, 0) is 19.5 Å². The van der Waals surface area contributed by atoms with Crippen LogP contribution in [-0.4, -0.2) is 17.9 Å². The van der Waals surface area contributed by atoms with E-state index in [9.17, 15) is 4.79 Å². The van der Waals surface area contributed by atoms with Crippen molar-refractivity contribution in [2.75, 3.05) is 7.05 Å². The monoisotopic (exact) mass is 272 g/mol. The number of rotatable bonds is 5. The molecule has 0 fully saturated rings. The second-order valence-corrected chi connectivity index (χ2v) is 4.79. The first-order valence-electron chi connectivity index (χ1n) is 6.75. The summed E-state index contributed by atoms with van der Waals surface area (Å²) in [6, 6.07) is 9.71. The zero-order valence-electron chi connectivity index (χ0n) is 11.9. The normalized spacial score (nSPS) is 10.6. The third-order valence-corrected chi connectivity index (χ3v) is 3.32. The van der Waals surface area contributed by atoms with Crippen LogP contribution in [0.15, 0.2) is 41.0 Å². The summed E-state index contributed by atoms with van der Waals surface area (Å²) in [6.07, 6.45) is 2.28. The van der Waals surface area contributed by atoms with Crippen molar-refractivity contribution >= 4 is 5.91 Å². The van der Waals surface area contributed by atoms with Gasteiger partial charge in [0.25, 0.3) is 5.91 Å². The molecule has 4 nitrogen and oxygen atoms in total. The number of aryl methyl sites for hydroxylation is 1. The number of amides is 1. The fraction of sp³-hybridized carbons (Fsp3) is 0.312. The van der Waals surface area contributed by atoms with E-state index in [1.54, 1.807) is 24.3 Å². The Hall–Kier alpha value is -2.07. The molecule has 0 radical (unpaired) electrons. The molecule has 1 heterocycles. The van der Waals surface area contributed by atoms with Gasteiger partial charge in [0.1, 0.15) is 5.76 Å². The lowest BCUT2D eigenvalue weighted by atomic mass is 10.1. The zero-order valence-corrected chi connectivity index (χ0v) is 11.9. The van der Waals surface area contributed by atoms with Gasteiger partial charge < -0.3 is 15.1 Å². The first kappa shape index (κ1) is 14.3. The van der Waals surface area contributed by atoms with Crippen molar-refractivity contribution < 1.29 is 9.21 Å². The van der Waals surface area contributed by atoms with Gasteiger partial charge >= 0.3 is 0 Å². The lowest BCUT2D eigenvalue weighted by molar-refractivity contribution is 0.0783. The molecule has 0 aliphatic carbocycles. The highest BCUT2D eigenvalue weighted by Gasteiger charge is 2.17. The van der Waals surface area contributed by atoms with Crippen molar-refractivity contribution in [2.24, 2.45) is 5.73 Å². The number of carbonyl (C=O) groups is 1. The Kier molecular flexibility index (Phi) is 4.58. The van der Waals surface area contributed by atoms with Gasteiger partial charge in [-0.3, -0.25) is 4.79 Å². The quantitative estimate of drug-likeness (QED) is 0.910. The number of furan rings is 1. The van der Waals surface area contributed by atoms with Crippen LogP contribution in [0.1, 0.15) is 34.2 Å². The minimum atomic E-state index is -0.0153. The smallest absolute Gasteiger partial charge is 0.257 e. The number of nitrogens with zero attached hydrogens (tertiary/aromatic N) is 1. The molecule has 4 heteroatoms. The molecule has 2 aromatic rings. The zero-order chi connectivity index (χ0) is 14.5. The summed E-state index contributed by atoms with van der Waals surface area (Å²) < 4.78 is 5.30. The van der Waals surface area contributed by atoms with Crippen LogP contribution in [0.3, 0.4) is 0 Å². The lowest BCUT2D eigenvalue weighted by Gasteiger charge is -2.17. The topological polar surface area (TPSA) is 59.5 Å². The van der Waals surface area contributed by atoms with E-state index in [4.69, 9.17) is 10.2 Å². The molecule has 0 saturated heterocycles. The Morgan fingerprint density at radius 1 is 1.20 bits per heavy atom. The van der Waals surface area contributed by atoms with Gasteiger partial charge in [0, 0.05) is 26.6 Å². The summed E-state index contributed by atoms with van der Waals surface area (Å²) in [5.74, 6) is 0.721. The Labute approximate surface area is 119 Å². The van der Waals surface area contributed by atoms with Crippen molar-refractivity contribution in [3.8, 4) is 0 Å². The number of nitrogens with two attached hydrogens (primary N) is 1. The van der Waals surface area contributed by atoms with Crippen LogP contribution in [0.2, 0.25) is 0 Å². The van der Waals surface area contributed by atoms with E-state index >= 15 is 0 Å². The molecular formula is C16H20N2O2. The lowest BCUT2D eigenvalue weighted by Crippen LogP contribution is -2.26. The summed E-state index contributed by atoms with van der Waals surface area (Å²) in [4.78, 5) is 14.1. The molecule has 0 atom stereocenters. The first-order chi connectivity index (χ1) is 9.65. The van der Waals surface area contributed by atoms with Gasteiger partial charge in [-0.15, -0.1) is 0 Å². The van der Waals surface area contributed by atoms with Gasteiger partial charge in [0.05, 0.1) is 11.8 Å². The van der Waals surface area contributed by atoms with Crippen LogP contribution in [0.4, 0.5) is 0 Å². The minimum absolute atomic E-state index is 0.0153. The van der Waals surface area contributed by atoms with Crippen LogP contribution in [0, 0.1) is 0 Å². The van der Waals surface area contributed by atoms with E-state index < -0.39 is 0 Å². The Balaban J connectivity index is 2.07. The molecule has 0 aliphatic heterocycles. The second kappa shape index (κ2) is 6.39. The van der Waals surface area contributed by atoms with Crippen molar-refractivity contribution in [3.05, 3.63) is 59.0 Å². The van der Waals surface area contributed by atoms with Crippen LogP contribution < -0.4 is 5.73 Å². The molecule has 1 amide bonds. The highest BCUT2D eigenvalue weighted by Crippen LogP contribution is 2.15. The van der Waals surface area contributed by atoms with E-state index in [0.717, 1.165) is 16.9 Å². The highest BCUT2D eigenvalue weighted by molar-refractivity contribution is 5.94. The van der Waals surface area contributed by atoms with E-state index in [2.05, 4.69) is 0 Å². The van der Waals surface area contributed by atoms with E-state index in [-0.39, 0.29) is 5.91 Å². The molecule has 0 spiro atoms. The maximum absolute atomic E-state index is 12.4. The molecule has 106 valence electrons. The number of hydrogen-bond acceptors (Lipinski definition) is 3. The summed E-state index contributed by atoms with van der Waals surface area (Å²) >= 11 is 0. The van der Waals surface area contributed by atoms with Gasteiger partial charge in [-0.1, -0.05) is 31.2 Å². The Morgan fingerprint density at radius 3 is 2.45 bits per heavy atom. The van der Waals surface area contributed by atoms with Gasteiger partial charge in [-0.2, -0.15) is 0 Å². The van der Waals surface area contributed by atoms with E-state index in [1.165, 1.54) is 0 Å². The molecule has 20 heavy (non-hydrogen) atoms. The number of carbonyl (C=O) groups excluding carboxylic acids is 1. The molecular weight excluding hydrogens is 252 g/mol. The molecule has 2 rings (SSSR count). The molecule has 1 aromatic carbocycles. The molecule has 0 unspecified atom stereocenters. The van der Waals surface area contributed by atoms with Crippen LogP contribution in [0.5, 0.6) is 0 Å². The highest BCUT2D eigenvalue weighted by atomic mass is 16.3. The minimum Gasteiger partial charge on any atom is -0.469 e. The number of benzene rings is 1. The fourth-order valence-corrected chi connectivity index (χ4v) is 2.14. The predicted molar refractivity (Wildman–Crippen MR) is 78.2 cm³/mol. The maximum Gasteiger partial charge on any atom is 0.257 e. The largest absolute Gasteiger partial charge is 0.469 e. The van der Waals surface area contributed by atoms with Gasteiger partial charge in [-0.25, -0.2) is 0 Å². The van der Waals surface area contributed by atoms with Crippen molar-refractivity contribution in [3.63, 3.8) is 0 Å². The maximum atomic E-state index is 12.4. The fourth-order valence-electron chi connectivity index (χ4n) is 2.14. The summed E-state index contributed by atoms with van der Waals surface area (Å²) in [7, 11) is 1.80. The van der Waals surface area contributed by atoms with Crippen LogP contribution in [0.25, 0.3) is 0 Å². The molecule has 0 saturated carbocycles. The van der Waals surface area contributed by atoms with Crippen molar-refractivity contribution in [1.29, 1.82) is 0 Å². The first-order valence-corrected chi connectivity index (χ1v) is 6.75. The van der Waals surface area contributed by atoms with Crippen molar-refractivity contribution in [2.45, 2.75) is 26.4 Å². The predicted octanol–water partition coefficient (Wildman–Crippen LogP) is 2.57. The van der Waals surface area contributed by atoms with E-state index in [0.29, 0.717) is 25.1 Å². The number of hydrogen-bond donors (Lipinski definition) is 1. The van der Waals surface area contributed by atoms with Gasteiger partial charge in [0.15, 0.2) is 0 Å². The van der Waals surface area contributed by atoms with Gasteiger partial charge in [-0.05, 0) is 17.2 Å². The van der Waals surface area contributed by atoms with E-state index in [1.807, 2.05) is 31.2 Å². The molecule has 1 aromatic heterocycles.